The average Bonchev–Trinajstić information content (AvgIpc) is 2.38. The third kappa shape index (κ3) is 3.71. The second kappa shape index (κ2) is 5.99. The Morgan fingerprint density at radius 3 is 2.24 bits per heavy atom. The lowest BCUT2D eigenvalue weighted by Gasteiger charge is -2.10. The van der Waals surface area contributed by atoms with E-state index in [2.05, 4.69) is 20.7 Å². The molecule has 0 amide bonds. The maximum Gasteiger partial charge on any atom is 0.263 e. The summed E-state index contributed by atoms with van der Waals surface area (Å²) in [5.41, 5.74) is 1.91. The number of benzene rings is 2. The minimum absolute atomic E-state index is 0.0642. The van der Waals surface area contributed by atoms with E-state index >= 15 is 0 Å². The van der Waals surface area contributed by atoms with Gasteiger partial charge in [-0.05, 0) is 71.7 Å². The molecule has 0 fully saturated rings. The number of rotatable bonds is 4. The minimum Gasteiger partial charge on any atom is -0.295 e. The van der Waals surface area contributed by atoms with E-state index in [-0.39, 0.29) is 10.7 Å². The van der Waals surface area contributed by atoms with Crippen LogP contribution in [0.1, 0.15) is 22.8 Å². The number of carbonyl (C=O) groups excluding carboxylic acids is 1. The van der Waals surface area contributed by atoms with Crippen LogP contribution >= 0.6 is 15.9 Å². The van der Waals surface area contributed by atoms with Crippen molar-refractivity contribution in [2.75, 3.05) is 4.72 Å². The largest absolute Gasteiger partial charge is 0.295 e. The lowest BCUT2D eigenvalue weighted by atomic mass is 10.1. The summed E-state index contributed by atoms with van der Waals surface area (Å²) in [6.45, 7) is 3.34. The number of nitrogens with one attached hydrogen (secondary N) is 1. The van der Waals surface area contributed by atoms with E-state index in [0.717, 1.165) is 5.56 Å². The van der Waals surface area contributed by atoms with Crippen molar-refractivity contribution < 1.29 is 13.2 Å². The van der Waals surface area contributed by atoms with Crippen molar-refractivity contribution in [3.63, 3.8) is 0 Å². The first kappa shape index (κ1) is 15.7. The Bertz CT molecular complexity index is 783. The second-order valence-electron chi connectivity index (χ2n) is 4.67. The number of Topliss-reactive ketones (excluding diaryl/α,β-unsaturated/α-hetero) is 1. The van der Waals surface area contributed by atoms with E-state index < -0.39 is 10.0 Å². The molecule has 0 unspecified atom stereocenters. The zero-order valence-electron chi connectivity index (χ0n) is 11.6. The molecule has 0 saturated carbocycles. The van der Waals surface area contributed by atoms with Gasteiger partial charge in [0.05, 0.1) is 0 Å². The van der Waals surface area contributed by atoms with Gasteiger partial charge in [-0.15, -0.1) is 0 Å². The molecule has 2 aromatic carbocycles. The molecular formula is C15H14BrNO3S. The van der Waals surface area contributed by atoms with Crippen LogP contribution in [0.5, 0.6) is 0 Å². The summed E-state index contributed by atoms with van der Waals surface area (Å²) in [5.74, 6) is -0.0642. The Kier molecular flexibility index (Phi) is 4.49. The van der Waals surface area contributed by atoms with Gasteiger partial charge in [-0.3, -0.25) is 9.52 Å². The van der Waals surface area contributed by atoms with Crippen LogP contribution in [0.3, 0.4) is 0 Å². The van der Waals surface area contributed by atoms with Crippen molar-refractivity contribution in [1.29, 1.82) is 0 Å². The van der Waals surface area contributed by atoms with E-state index in [1.165, 1.54) is 6.92 Å². The molecule has 0 heterocycles. The van der Waals surface area contributed by atoms with Crippen molar-refractivity contribution in [1.82, 2.24) is 0 Å². The van der Waals surface area contributed by atoms with Crippen LogP contribution in [-0.2, 0) is 10.0 Å². The third-order valence-corrected chi connectivity index (χ3v) is 5.28. The quantitative estimate of drug-likeness (QED) is 0.836. The molecule has 0 aliphatic carbocycles. The topological polar surface area (TPSA) is 63.2 Å². The second-order valence-corrected chi connectivity index (χ2v) is 7.18. The van der Waals surface area contributed by atoms with Crippen molar-refractivity contribution in [3.05, 3.63) is 58.1 Å². The minimum atomic E-state index is -3.68. The van der Waals surface area contributed by atoms with Crippen LogP contribution in [0, 0.1) is 6.92 Å². The number of carbonyl (C=O) groups is 1. The van der Waals surface area contributed by atoms with E-state index in [4.69, 9.17) is 0 Å². The fourth-order valence-electron chi connectivity index (χ4n) is 1.81. The van der Waals surface area contributed by atoms with Gasteiger partial charge in [0.15, 0.2) is 5.78 Å². The number of hydrogen-bond donors (Lipinski definition) is 1. The van der Waals surface area contributed by atoms with Gasteiger partial charge in [-0.25, -0.2) is 8.42 Å². The predicted octanol–water partition coefficient (Wildman–Crippen LogP) is 3.76. The fourth-order valence-corrected chi connectivity index (χ4v) is 4.06. The van der Waals surface area contributed by atoms with Crippen LogP contribution in [0.25, 0.3) is 0 Å². The van der Waals surface area contributed by atoms with Gasteiger partial charge in [-0.2, -0.15) is 0 Å². The molecule has 2 aromatic rings. The van der Waals surface area contributed by atoms with E-state index in [0.29, 0.717) is 15.7 Å². The smallest absolute Gasteiger partial charge is 0.263 e. The zero-order valence-corrected chi connectivity index (χ0v) is 14.0. The Balaban J connectivity index is 2.30. The van der Waals surface area contributed by atoms with Crippen molar-refractivity contribution in [2.45, 2.75) is 18.7 Å². The maximum absolute atomic E-state index is 12.3. The van der Waals surface area contributed by atoms with Crippen LogP contribution in [0.2, 0.25) is 0 Å². The van der Waals surface area contributed by atoms with Gasteiger partial charge in [0.25, 0.3) is 10.0 Å². The van der Waals surface area contributed by atoms with Crippen LogP contribution in [0.15, 0.2) is 51.8 Å². The van der Waals surface area contributed by atoms with Crippen LogP contribution in [-0.4, -0.2) is 14.2 Å². The van der Waals surface area contributed by atoms with E-state index in [1.807, 2.05) is 6.92 Å². The Morgan fingerprint density at radius 2 is 1.71 bits per heavy atom. The van der Waals surface area contributed by atoms with Crippen LogP contribution in [0.4, 0.5) is 5.69 Å². The molecule has 0 aromatic heterocycles. The first-order chi connectivity index (χ1) is 9.79. The SMILES string of the molecule is CC(=O)c1ccc(NS(=O)(=O)c2ccc(C)cc2Br)cc1. The number of aryl methyl sites for hydroxylation is 1. The summed E-state index contributed by atoms with van der Waals surface area (Å²) >= 11 is 3.26. The standard InChI is InChI=1S/C15H14BrNO3S/c1-10-3-8-15(14(16)9-10)21(19,20)17-13-6-4-12(5-7-13)11(2)18/h3-9,17H,1-2H3. The maximum atomic E-state index is 12.3. The first-order valence-electron chi connectivity index (χ1n) is 6.19. The molecule has 1 N–H and O–H groups in total. The number of sulfonamides is 1. The molecule has 0 aliphatic heterocycles. The number of anilines is 1. The average molecular weight is 368 g/mol. The monoisotopic (exact) mass is 367 g/mol. The molecule has 2 rings (SSSR count). The first-order valence-corrected chi connectivity index (χ1v) is 8.47. The molecule has 0 saturated heterocycles. The summed E-state index contributed by atoms with van der Waals surface area (Å²) in [6.07, 6.45) is 0. The lowest BCUT2D eigenvalue weighted by molar-refractivity contribution is 0.101. The Morgan fingerprint density at radius 1 is 1.10 bits per heavy atom. The summed E-state index contributed by atoms with van der Waals surface area (Å²) in [5, 5.41) is 0. The van der Waals surface area contributed by atoms with E-state index in [1.54, 1.807) is 42.5 Å². The highest BCUT2D eigenvalue weighted by atomic mass is 79.9. The molecule has 0 spiro atoms. The molecule has 0 aliphatic rings. The zero-order chi connectivity index (χ0) is 15.6. The fraction of sp³-hybridized carbons (Fsp3) is 0.133. The highest BCUT2D eigenvalue weighted by Gasteiger charge is 2.17. The molecule has 0 bridgehead atoms. The van der Waals surface area contributed by atoms with Gasteiger partial charge in [0.1, 0.15) is 4.90 Å². The summed E-state index contributed by atoms with van der Waals surface area (Å²) in [7, 11) is -3.68. The molecule has 21 heavy (non-hydrogen) atoms. The number of hydrogen-bond acceptors (Lipinski definition) is 3. The number of ketones is 1. The van der Waals surface area contributed by atoms with Crippen molar-refractivity contribution >= 4 is 37.4 Å². The van der Waals surface area contributed by atoms with Crippen molar-refractivity contribution in [3.8, 4) is 0 Å². The third-order valence-electron chi connectivity index (χ3n) is 2.92. The van der Waals surface area contributed by atoms with Crippen LogP contribution < -0.4 is 4.72 Å². The van der Waals surface area contributed by atoms with Gasteiger partial charge < -0.3 is 0 Å². The highest BCUT2D eigenvalue weighted by Crippen LogP contribution is 2.25. The normalized spacial score (nSPS) is 11.2. The number of halogens is 1. The van der Waals surface area contributed by atoms with Gasteiger partial charge in [0.2, 0.25) is 0 Å². The van der Waals surface area contributed by atoms with E-state index in [9.17, 15) is 13.2 Å². The van der Waals surface area contributed by atoms with Gasteiger partial charge in [-0.1, -0.05) is 6.07 Å². The molecule has 6 heteroatoms. The molecule has 0 atom stereocenters. The predicted molar refractivity (Wildman–Crippen MR) is 86.1 cm³/mol. The molecule has 4 nitrogen and oxygen atoms in total. The lowest BCUT2D eigenvalue weighted by Crippen LogP contribution is -2.13. The van der Waals surface area contributed by atoms with Crippen molar-refractivity contribution in [2.24, 2.45) is 0 Å². The molecule has 110 valence electrons. The Hall–Kier alpha value is -1.66. The summed E-state index contributed by atoms with van der Waals surface area (Å²) < 4.78 is 27.7. The summed E-state index contributed by atoms with van der Waals surface area (Å²) in [6, 6.07) is 11.3. The molecular weight excluding hydrogens is 354 g/mol. The van der Waals surface area contributed by atoms with Gasteiger partial charge in [0, 0.05) is 15.7 Å². The van der Waals surface area contributed by atoms with Gasteiger partial charge >= 0.3 is 0 Å². The highest BCUT2D eigenvalue weighted by molar-refractivity contribution is 9.10. The summed E-state index contributed by atoms with van der Waals surface area (Å²) in [4.78, 5) is 11.4. The molecule has 0 radical (unpaired) electrons. The Labute approximate surface area is 132 Å².